The molecule has 0 unspecified atom stereocenters. The lowest BCUT2D eigenvalue weighted by atomic mass is 9.98. The number of nitrogens with zero attached hydrogens (tertiary/aromatic N) is 1. The van der Waals surface area contributed by atoms with Crippen molar-refractivity contribution in [3.63, 3.8) is 0 Å². The fourth-order valence-corrected chi connectivity index (χ4v) is 4.77. The highest BCUT2D eigenvalue weighted by Gasteiger charge is 2.35. The van der Waals surface area contributed by atoms with Crippen LogP contribution in [0.2, 0.25) is 0 Å². The molecule has 6 heteroatoms. The van der Waals surface area contributed by atoms with Gasteiger partial charge in [0.15, 0.2) is 5.76 Å². The number of benzene rings is 2. The van der Waals surface area contributed by atoms with Gasteiger partial charge in [0.25, 0.3) is 0 Å². The van der Waals surface area contributed by atoms with Crippen molar-refractivity contribution in [1.29, 1.82) is 0 Å². The largest absolute Gasteiger partial charge is 0.496 e. The molecule has 2 aliphatic heterocycles. The molecule has 2 aromatic carbocycles. The Morgan fingerprint density at radius 3 is 2.90 bits per heavy atom. The van der Waals surface area contributed by atoms with Gasteiger partial charge in [0.05, 0.1) is 18.2 Å². The molecule has 0 atom stereocenters. The summed E-state index contributed by atoms with van der Waals surface area (Å²) in [5.74, 6) is 2.34. The lowest BCUT2D eigenvalue weighted by Crippen LogP contribution is -2.33. The second kappa shape index (κ2) is 8.21. The number of methoxy groups -OCH3 is 1. The Kier molecular flexibility index (Phi) is 5.26. The summed E-state index contributed by atoms with van der Waals surface area (Å²) in [7, 11) is 1.62. The zero-order valence-corrected chi connectivity index (χ0v) is 18.3. The molecule has 3 aromatic rings. The number of para-hydroxylation sites is 1. The number of rotatable bonds is 5. The van der Waals surface area contributed by atoms with Gasteiger partial charge in [-0.05, 0) is 48.6 Å². The number of fused-ring (bicyclic) bond motifs is 3. The number of Topliss-reactive ketones (excluding diaryl/α,β-unsaturated/α-hetero) is 1. The molecule has 0 N–H and O–H groups in total. The summed E-state index contributed by atoms with van der Waals surface area (Å²) < 4.78 is 17.6. The summed E-state index contributed by atoms with van der Waals surface area (Å²) >= 11 is 1.77. The highest BCUT2D eigenvalue weighted by Crippen LogP contribution is 2.44. The molecule has 0 bridgehead atoms. The number of carbonyl (C=O) groups excluding carboxylic acids is 1. The maximum atomic E-state index is 13.2. The summed E-state index contributed by atoms with van der Waals surface area (Å²) in [5.41, 5.74) is 3.24. The molecule has 0 saturated carbocycles. The zero-order valence-electron chi connectivity index (χ0n) is 17.5. The molecule has 5 rings (SSSR count). The van der Waals surface area contributed by atoms with Crippen LogP contribution in [0.5, 0.6) is 17.2 Å². The Hall–Kier alpha value is -3.09. The lowest BCUT2D eigenvalue weighted by molar-refractivity contribution is 0.0951. The van der Waals surface area contributed by atoms with Crippen molar-refractivity contribution in [2.24, 2.45) is 0 Å². The number of hydrogen-bond acceptors (Lipinski definition) is 6. The number of allylic oxidation sites excluding steroid dienone is 1. The molecule has 0 amide bonds. The molecule has 5 nitrogen and oxygen atoms in total. The van der Waals surface area contributed by atoms with Crippen LogP contribution in [0, 0.1) is 6.92 Å². The minimum atomic E-state index is -0.100. The van der Waals surface area contributed by atoms with Crippen molar-refractivity contribution in [1.82, 2.24) is 4.90 Å². The van der Waals surface area contributed by atoms with E-state index >= 15 is 0 Å². The van der Waals surface area contributed by atoms with Gasteiger partial charge in [0.2, 0.25) is 5.78 Å². The van der Waals surface area contributed by atoms with Crippen LogP contribution in [-0.4, -0.2) is 31.1 Å². The maximum Gasteiger partial charge on any atom is 0.232 e. The average molecular weight is 434 g/mol. The standard InChI is InChI=1S/C25H23NO4S/c1-16-12-21-19(14-26(15-29-21)10-9-18-7-5-11-31-18)25-23(16)24(27)22(30-25)13-17-6-3-4-8-20(17)28-2/h3-8,11-13H,9-10,14-15H2,1-2H3/b22-13-. The Morgan fingerprint density at radius 1 is 1.23 bits per heavy atom. The highest BCUT2D eigenvalue weighted by atomic mass is 32.1. The Bertz CT molecular complexity index is 1170. The third-order valence-electron chi connectivity index (χ3n) is 5.67. The molecule has 1 aromatic heterocycles. The van der Waals surface area contributed by atoms with Gasteiger partial charge >= 0.3 is 0 Å². The van der Waals surface area contributed by atoms with Crippen molar-refractivity contribution in [2.75, 3.05) is 20.4 Å². The van der Waals surface area contributed by atoms with E-state index in [1.165, 1.54) is 4.88 Å². The summed E-state index contributed by atoms with van der Waals surface area (Å²) in [6, 6.07) is 13.8. The fraction of sp³-hybridized carbons (Fsp3) is 0.240. The predicted molar refractivity (Wildman–Crippen MR) is 121 cm³/mol. The molecule has 0 saturated heterocycles. The van der Waals surface area contributed by atoms with E-state index in [2.05, 4.69) is 22.4 Å². The molecule has 0 aliphatic carbocycles. The third kappa shape index (κ3) is 3.73. The van der Waals surface area contributed by atoms with Crippen LogP contribution in [0.1, 0.15) is 31.9 Å². The van der Waals surface area contributed by atoms with E-state index in [1.807, 2.05) is 37.3 Å². The van der Waals surface area contributed by atoms with Gasteiger partial charge in [0, 0.05) is 23.5 Å². The van der Waals surface area contributed by atoms with Crippen LogP contribution in [0.4, 0.5) is 0 Å². The fourth-order valence-electron chi connectivity index (χ4n) is 4.07. The summed E-state index contributed by atoms with van der Waals surface area (Å²) in [5, 5.41) is 2.10. The second-order valence-corrected chi connectivity index (χ2v) is 8.74. The number of ketones is 1. The van der Waals surface area contributed by atoms with E-state index in [9.17, 15) is 4.79 Å². The Labute approximate surface area is 185 Å². The lowest BCUT2D eigenvalue weighted by Gasteiger charge is -2.30. The summed E-state index contributed by atoms with van der Waals surface area (Å²) in [6.45, 7) is 4.05. The zero-order chi connectivity index (χ0) is 21.4. The SMILES string of the molecule is COc1ccccc1/C=C1\Oc2c3c(cc(C)c2C1=O)OCN(CCc1cccs1)C3. The first kappa shape index (κ1) is 19.8. The van der Waals surface area contributed by atoms with E-state index in [-0.39, 0.29) is 5.78 Å². The smallest absolute Gasteiger partial charge is 0.232 e. The van der Waals surface area contributed by atoms with Crippen LogP contribution in [-0.2, 0) is 13.0 Å². The highest BCUT2D eigenvalue weighted by molar-refractivity contribution is 7.09. The monoisotopic (exact) mass is 433 g/mol. The maximum absolute atomic E-state index is 13.2. The number of ether oxygens (including phenoxy) is 3. The van der Waals surface area contributed by atoms with Crippen molar-refractivity contribution in [2.45, 2.75) is 19.9 Å². The Balaban J connectivity index is 1.44. The average Bonchev–Trinajstić information content (AvgIpc) is 3.42. The van der Waals surface area contributed by atoms with Crippen LogP contribution < -0.4 is 14.2 Å². The van der Waals surface area contributed by atoms with Crippen LogP contribution in [0.25, 0.3) is 6.08 Å². The second-order valence-electron chi connectivity index (χ2n) is 7.71. The number of hydrogen-bond donors (Lipinski definition) is 0. The normalized spacial score (nSPS) is 16.6. The van der Waals surface area contributed by atoms with Gasteiger partial charge in [-0.25, -0.2) is 0 Å². The van der Waals surface area contributed by atoms with Gasteiger partial charge in [-0.15, -0.1) is 11.3 Å². The first-order valence-corrected chi connectivity index (χ1v) is 11.1. The predicted octanol–water partition coefficient (Wildman–Crippen LogP) is 5.08. The van der Waals surface area contributed by atoms with Crippen molar-refractivity contribution in [3.05, 3.63) is 80.7 Å². The third-order valence-corrected chi connectivity index (χ3v) is 6.60. The van der Waals surface area contributed by atoms with Gasteiger partial charge < -0.3 is 14.2 Å². The van der Waals surface area contributed by atoms with Crippen molar-refractivity contribution in [3.8, 4) is 17.2 Å². The van der Waals surface area contributed by atoms with E-state index in [4.69, 9.17) is 14.2 Å². The van der Waals surface area contributed by atoms with E-state index < -0.39 is 0 Å². The molecule has 0 fully saturated rings. The molecule has 2 aliphatic rings. The topological polar surface area (TPSA) is 48.0 Å². The molecule has 158 valence electrons. The quantitative estimate of drug-likeness (QED) is 0.526. The number of aryl methyl sites for hydroxylation is 1. The van der Waals surface area contributed by atoms with Crippen LogP contribution >= 0.6 is 11.3 Å². The number of carbonyl (C=O) groups is 1. The molecule has 0 spiro atoms. The van der Waals surface area contributed by atoms with Gasteiger partial charge in [-0.2, -0.15) is 0 Å². The molecule has 3 heterocycles. The van der Waals surface area contributed by atoms with Crippen LogP contribution in [0.15, 0.2) is 53.6 Å². The minimum absolute atomic E-state index is 0.100. The van der Waals surface area contributed by atoms with Crippen molar-refractivity contribution < 1.29 is 19.0 Å². The van der Waals surface area contributed by atoms with Gasteiger partial charge in [-0.3, -0.25) is 9.69 Å². The molecular weight excluding hydrogens is 410 g/mol. The summed E-state index contributed by atoms with van der Waals surface area (Å²) in [4.78, 5) is 16.8. The van der Waals surface area contributed by atoms with E-state index in [0.29, 0.717) is 36.1 Å². The van der Waals surface area contributed by atoms with Gasteiger partial charge in [0.1, 0.15) is 24.0 Å². The van der Waals surface area contributed by atoms with E-state index in [0.717, 1.165) is 35.4 Å². The molecular formula is C25H23NO4S. The minimum Gasteiger partial charge on any atom is -0.496 e. The summed E-state index contributed by atoms with van der Waals surface area (Å²) in [6.07, 6.45) is 2.73. The van der Waals surface area contributed by atoms with Gasteiger partial charge in [-0.1, -0.05) is 24.3 Å². The van der Waals surface area contributed by atoms with E-state index in [1.54, 1.807) is 24.5 Å². The first-order valence-electron chi connectivity index (χ1n) is 10.3. The Morgan fingerprint density at radius 2 is 2.10 bits per heavy atom. The molecule has 31 heavy (non-hydrogen) atoms. The first-order chi connectivity index (χ1) is 15.1. The van der Waals surface area contributed by atoms with Crippen LogP contribution in [0.3, 0.4) is 0 Å². The number of thiophene rings is 1. The molecule has 0 radical (unpaired) electrons. The van der Waals surface area contributed by atoms with Crippen molar-refractivity contribution >= 4 is 23.2 Å².